The average molecular weight is 213 g/mol. The highest BCUT2D eigenvalue weighted by Gasteiger charge is 2.27. The first-order chi connectivity index (χ1) is 7.72. The fourth-order valence-electron chi connectivity index (χ4n) is 1.99. The van der Waals surface area contributed by atoms with Gasteiger partial charge in [0.2, 0.25) is 0 Å². The molecule has 0 saturated heterocycles. The minimum atomic E-state index is 0.162. The predicted octanol–water partition coefficient (Wildman–Crippen LogP) is 1.63. The SMILES string of the molecule is C[C@H]1C(N)=C(C#N)CN1Cc1ccccc1. The van der Waals surface area contributed by atoms with Crippen molar-refractivity contribution in [1.29, 1.82) is 5.26 Å². The van der Waals surface area contributed by atoms with E-state index in [0.29, 0.717) is 12.1 Å². The van der Waals surface area contributed by atoms with Crippen molar-refractivity contribution < 1.29 is 0 Å². The molecule has 1 aromatic rings. The summed E-state index contributed by atoms with van der Waals surface area (Å²) in [5, 5.41) is 8.92. The van der Waals surface area contributed by atoms with E-state index in [0.717, 1.165) is 12.2 Å². The maximum Gasteiger partial charge on any atom is 0.0979 e. The van der Waals surface area contributed by atoms with Gasteiger partial charge in [-0.2, -0.15) is 5.26 Å². The van der Waals surface area contributed by atoms with Gasteiger partial charge in [-0.3, -0.25) is 4.90 Å². The van der Waals surface area contributed by atoms with Crippen molar-refractivity contribution in [2.24, 2.45) is 5.73 Å². The van der Waals surface area contributed by atoms with Gasteiger partial charge in [0, 0.05) is 24.8 Å². The Bertz CT molecular complexity index is 442. The van der Waals surface area contributed by atoms with Crippen LogP contribution in [0.15, 0.2) is 41.6 Å². The smallest absolute Gasteiger partial charge is 0.0979 e. The van der Waals surface area contributed by atoms with Crippen LogP contribution in [0.5, 0.6) is 0 Å². The maximum atomic E-state index is 8.92. The molecule has 3 heteroatoms. The first-order valence-electron chi connectivity index (χ1n) is 5.39. The van der Waals surface area contributed by atoms with Gasteiger partial charge in [-0.05, 0) is 12.5 Å². The Morgan fingerprint density at radius 3 is 2.69 bits per heavy atom. The lowest BCUT2D eigenvalue weighted by Crippen LogP contribution is -2.30. The molecule has 0 aliphatic carbocycles. The van der Waals surface area contributed by atoms with Crippen LogP contribution in [0.1, 0.15) is 12.5 Å². The third-order valence-corrected chi connectivity index (χ3v) is 3.07. The molecule has 2 rings (SSSR count). The first-order valence-corrected chi connectivity index (χ1v) is 5.39. The molecule has 2 N–H and O–H groups in total. The molecular formula is C13H15N3. The van der Waals surface area contributed by atoms with Crippen LogP contribution in [0.2, 0.25) is 0 Å². The highest BCUT2D eigenvalue weighted by molar-refractivity contribution is 5.35. The van der Waals surface area contributed by atoms with Crippen LogP contribution < -0.4 is 5.73 Å². The van der Waals surface area contributed by atoms with Crippen molar-refractivity contribution in [3.63, 3.8) is 0 Å². The summed E-state index contributed by atoms with van der Waals surface area (Å²) in [5.74, 6) is 0. The van der Waals surface area contributed by atoms with Crippen molar-refractivity contribution >= 4 is 0 Å². The Hall–Kier alpha value is -1.79. The Kier molecular flexibility index (Phi) is 2.93. The molecule has 3 nitrogen and oxygen atoms in total. The molecule has 0 radical (unpaired) electrons. The van der Waals surface area contributed by atoms with E-state index in [1.807, 2.05) is 25.1 Å². The minimum Gasteiger partial charge on any atom is -0.400 e. The second kappa shape index (κ2) is 4.38. The molecule has 0 amide bonds. The molecule has 1 aromatic carbocycles. The quantitative estimate of drug-likeness (QED) is 0.812. The van der Waals surface area contributed by atoms with Crippen LogP contribution in [0.25, 0.3) is 0 Å². The third-order valence-electron chi connectivity index (χ3n) is 3.07. The van der Waals surface area contributed by atoms with E-state index in [1.165, 1.54) is 5.56 Å². The van der Waals surface area contributed by atoms with Crippen LogP contribution in [0, 0.1) is 11.3 Å². The Balaban J connectivity index is 2.08. The van der Waals surface area contributed by atoms with E-state index in [4.69, 9.17) is 11.0 Å². The summed E-state index contributed by atoms with van der Waals surface area (Å²) in [5.41, 5.74) is 8.58. The molecule has 0 saturated carbocycles. The molecule has 82 valence electrons. The molecule has 0 spiro atoms. The molecule has 0 fully saturated rings. The molecule has 1 heterocycles. The van der Waals surface area contributed by atoms with Gasteiger partial charge in [0.05, 0.1) is 11.6 Å². The highest BCUT2D eigenvalue weighted by atomic mass is 15.2. The number of rotatable bonds is 2. The average Bonchev–Trinajstić information content (AvgIpc) is 2.58. The van der Waals surface area contributed by atoms with E-state index in [9.17, 15) is 0 Å². The first kappa shape index (κ1) is 10.7. The fraction of sp³-hybridized carbons (Fsp3) is 0.308. The van der Waals surface area contributed by atoms with Crippen LogP contribution in [-0.2, 0) is 6.54 Å². The number of nitrogens with zero attached hydrogens (tertiary/aromatic N) is 2. The van der Waals surface area contributed by atoms with Crippen LogP contribution >= 0.6 is 0 Å². The van der Waals surface area contributed by atoms with E-state index < -0.39 is 0 Å². The lowest BCUT2D eigenvalue weighted by Gasteiger charge is -2.21. The zero-order chi connectivity index (χ0) is 11.5. The molecule has 16 heavy (non-hydrogen) atoms. The standard InChI is InChI=1S/C13H15N3/c1-10-13(15)12(7-14)9-16(10)8-11-5-3-2-4-6-11/h2-6,10H,8-9,15H2,1H3/t10-/m0/s1. The molecule has 1 atom stereocenters. The molecule has 0 unspecified atom stereocenters. The monoisotopic (exact) mass is 213 g/mol. The fourth-order valence-corrected chi connectivity index (χ4v) is 1.99. The summed E-state index contributed by atoms with van der Waals surface area (Å²) in [6.07, 6.45) is 0. The topological polar surface area (TPSA) is 53.1 Å². The highest BCUT2D eigenvalue weighted by Crippen LogP contribution is 2.22. The number of nitriles is 1. The molecule has 0 bridgehead atoms. The Labute approximate surface area is 95.8 Å². The molecule has 0 aromatic heterocycles. The second-order valence-corrected chi connectivity index (χ2v) is 4.11. The van der Waals surface area contributed by atoms with Crippen molar-refractivity contribution in [1.82, 2.24) is 4.90 Å². The van der Waals surface area contributed by atoms with Crippen molar-refractivity contribution in [2.75, 3.05) is 6.54 Å². The largest absolute Gasteiger partial charge is 0.400 e. The van der Waals surface area contributed by atoms with E-state index >= 15 is 0 Å². The zero-order valence-corrected chi connectivity index (χ0v) is 9.35. The number of hydrogen-bond acceptors (Lipinski definition) is 3. The van der Waals surface area contributed by atoms with Gasteiger partial charge in [0.1, 0.15) is 0 Å². The normalized spacial score (nSPS) is 21.1. The summed E-state index contributed by atoms with van der Waals surface area (Å²) in [6, 6.07) is 12.6. The van der Waals surface area contributed by atoms with Gasteiger partial charge < -0.3 is 5.73 Å². The van der Waals surface area contributed by atoms with Crippen molar-refractivity contribution in [3.05, 3.63) is 47.2 Å². The Morgan fingerprint density at radius 1 is 1.44 bits per heavy atom. The molecular weight excluding hydrogens is 198 g/mol. The zero-order valence-electron chi connectivity index (χ0n) is 9.35. The number of hydrogen-bond donors (Lipinski definition) is 1. The van der Waals surface area contributed by atoms with Gasteiger partial charge in [-0.15, -0.1) is 0 Å². The van der Waals surface area contributed by atoms with Crippen molar-refractivity contribution in [3.8, 4) is 6.07 Å². The van der Waals surface area contributed by atoms with E-state index in [-0.39, 0.29) is 6.04 Å². The lowest BCUT2D eigenvalue weighted by molar-refractivity contribution is 0.268. The van der Waals surface area contributed by atoms with Crippen LogP contribution in [0.4, 0.5) is 0 Å². The molecule has 1 aliphatic rings. The second-order valence-electron chi connectivity index (χ2n) is 4.11. The van der Waals surface area contributed by atoms with E-state index in [2.05, 4.69) is 23.1 Å². The number of benzene rings is 1. The summed E-state index contributed by atoms with van der Waals surface area (Å²) in [7, 11) is 0. The maximum absolute atomic E-state index is 8.92. The van der Waals surface area contributed by atoms with Gasteiger partial charge >= 0.3 is 0 Å². The summed E-state index contributed by atoms with van der Waals surface area (Å²) in [4.78, 5) is 2.21. The van der Waals surface area contributed by atoms with Gasteiger partial charge in [-0.1, -0.05) is 30.3 Å². The van der Waals surface area contributed by atoms with Crippen molar-refractivity contribution in [2.45, 2.75) is 19.5 Å². The van der Waals surface area contributed by atoms with Gasteiger partial charge in [-0.25, -0.2) is 0 Å². The molecule has 1 aliphatic heterocycles. The summed E-state index contributed by atoms with van der Waals surface area (Å²) >= 11 is 0. The lowest BCUT2D eigenvalue weighted by atomic mass is 10.2. The van der Waals surface area contributed by atoms with Crippen LogP contribution in [-0.4, -0.2) is 17.5 Å². The van der Waals surface area contributed by atoms with Crippen LogP contribution in [0.3, 0.4) is 0 Å². The predicted molar refractivity (Wildman–Crippen MR) is 63.1 cm³/mol. The third kappa shape index (κ3) is 1.93. The minimum absolute atomic E-state index is 0.162. The van der Waals surface area contributed by atoms with E-state index in [1.54, 1.807) is 0 Å². The van der Waals surface area contributed by atoms with Gasteiger partial charge in [0.25, 0.3) is 0 Å². The summed E-state index contributed by atoms with van der Waals surface area (Å²) in [6.45, 7) is 3.55. The summed E-state index contributed by atoms with van der Waals surface area (Å²) < 4.78 is 0. The van der Waals surface area contributed by atoms with Gasteiger partial charge in [0.15, 0.2) is 0 Å². The Morgan fingerprint density at radius 2 is 2.12 bits per heavy atom. The number of nitrogens with two attached hydrogens (primary N) is 1.